The Morgan fingerprint density at radius 1 is 1.09 bits per heavy atom. The number of thiazole rings is 1. The quantitative estimate of drug-likeness (QED) is 0.613. The number of nitrogens with zero attached hydrogens (tertiary/aromatic N) is 2. The summed E-state index contributed by atoms with van der Waals surface area (Å²) in [5.74, 6) is 0. The Morgan fingerprint density at radius 2 is 1.86 bits per heavy atom. The number of hydrogen-bond donors (Lipinski definition) is 1. The SMILES string of the molecule is Cc1ccccc1-c1cc(=O)n(-c2nc3ccccc3s2)[nH]1. The molecule has 5 heteroatoms. The summed E-state index contributed by atoms with van der Waals surface area (Å²) < 4.78 is 2.57. The molecule has 0 saturated heterocycles. The third kappa shape index (κ3) is 2.07. The normalized spacial score (nSPS) is 11.1. The first-order chi connectivity index (χ1) is 10.7. The maximum Gasteiger partial charge on any atom is 0.273 e. The van der Waals surface area contributed by atoms with E-state index in [9.17, 15) is 4.79 Å². The van der Waals surface area contributed by atoms with Gasteiger partial charge in [-0.2, -0.15) is 4.68 Å². The van der Waals surface area contributed by atoms with Gasteiger partial charge in [-0.05, 0) is 24.6 Å². The molecule has 0 saturated carbocycles. The van der Waals surface area contributed by atoms with Crippen molar-refractivity contribution in [1.29, 1.82) is 0 Å². The van der Waals surface area contributed by atoms with E-state index in [2.05, 4.69) is 10.1 Å². The van der Waals surface area contributed by atoms with Crippen LogP contribution in [0.4, 0.5) is 0 Å². The average molecular weight is 307 g/mol. The number of nitrogens with one attached hydrogen (secondary N) is 1. The molecule has 108 valence electrons. The first kappa shape index (κ1) is 13.0. The van der Waals surface area contributed by atoms with E-state index < -0.39 is 0 Å². The Morgan fingerprint density at radius 3 is 2.68 bits per heavy atom. The molecule has 0 aliphatic heterocycles. The fraction of sp³-hybridized carbons (Fsp3) is 0.0588. The van der Waals surface area contributed by atoms with E-state index in [0.29, 0.717) is 5.13 Å². The van der Waals surface area contributed by atoms with Gasteiger partial charge in [0.05, 0.1) is 15.9 Å². The molecule has 22 heavy (non-hydrogen) atoms. The lowest BCUT2D eigenvalue weighted by molar-refractivity contribution is 0.845. The smallest absolute Gasteiger partial charge is 0.273 e. The molecule has 0 radical (unpaired) electrons. The van der Waals surface area contributed by atoms with Gasteiger partial charge in [-0.3, -0.25) is 9.89 Å². The first-order valence-corrected chi connectivity index (χ1v) is 7.78. The third-order valence-corrected chi connectivity index (χ3v) is 4.65. The number of para-hydroxylation sites is 1. The zero-order valence-electron chi connectivity index (χ0n) is 11.9. The molecule has 0 aliphatic carbocycles. The lowest BCUT2D eigenvalue weighted by Gasteiger charge is -2.02. The van der Waals surface area contributed by atoms with Crippen LogP contribution in [-0.4, -0.2) is 14.8 Å². The van der Waals surface area contributed by atoms with Crippen LogP contribution in [0.15, 0.2) is 59.4 Å². The summed E-state index contributed by atoms with van der Waals surface area (Å²) in [5.41, 5.74) is 3.76. The molecular formula is C17H13N3OS. The number of aromatic nitrogens is 3. The fourth-order valence-electron chi connectivity index (χ4n) is 2.51. The van der Waals surface area contributed by atoms with Gasteiger partial charge in [0, 0.05) is 11.6 Å². The van der Waals surface area contributed by atoms with Crippen molar-refractivity contribution in [2.45, 2.75) is 6.92 Å². The first-order valence-electron chi connectivity index (χ1n) is 6.96. The summed E-state index contributed by atoms with van der Waals surface area (Å²) in [5, 5.41) is 3.83. The van der Waals surface area contributed by atoms with Gasteiger partial charge in [0.1, 0.15) is 0 Å². The number of benzene rings is 2. The minimum absolute atomic E-state index is 0.0997. The second kappa shape index (κ2) is 4.96. The van der Waals surface area contributed by atoms with Crippen LogP contribution in [0.5, 0.6) is 0 Å². The van der Waals surface area contributed by atoms with Crippen molar-refractivity contribution in [3.05, 3.63) is 70.5 Å². The van der Waals surface area contributed by atoms with Crippen LogP contribution in [-0.2, 0) is 0 Å². The van der Waals surface area contributed by atoms with Gasteiger partial charge < -0.3 is 0 Å². The predicted molar refractivity (Wildman–Crippen MR) is 89.7 cm³/mol. The highest BCUT2D eigenvalue weighted by atomic mass is 32.1. The summed E-state index contributed by atoms with van der Waals surface area (Å²) >= 11 is 1.50. The lowest BCUT2D eigenvalue weighted by Crippen LogP contribution is -2.12. The molecule has 2 aromatic carbocycles. The molecule has 4 nitrogen and oxygen atoms in total. The van der Waals surface area contributed by atoms with Gasteiger partial charge in [0.25, 0.3) is 5.56 Å². The van der Waals surface area contributed by atoms with Crippen LogP contribution in [0.25, 0.3) is 26.6 Å². The standard InChI is InChI=1S/C17H13N3OS/c1-11-6-2-3-7-12(11)14-10-16(21)20(19-14)17-18-13-8-4-5-9-15(13)22-17/h2-10,19H,1H3. The van der Waals surface area contributed by atoms with E-state index in [1.165, 1.54) is 16.0 Å². The van der Waals surface area contributed by atoms with Gasteiger partial charge in [0.15, 0.2) is 0 Å². The van der Waals surface area contributed by atoms with E-state index in [1.807, 2.05) is 55.5 Å². The largest absolute Gasteiger partial charge is 0.288 e. The van der Waals surface area contributed by atoms with Crippen molar-refractivity contribution in [1.82, 2.24) is 14.8 Å². The fourth-order valence-corrected chi connectivity index (χ4v) is 3.44. The van der Waals surface area contributed by atoms with Crippen LogP contribution in [0, 0.1) is 6.92 Å². The molecule has 4 rings (SSSR count). The highest BCUT2D eigenvalue weighted by molar-refractivity contribution is 7.20. The molecule has 0 aliphatic rings. The second-order valence-electron chi connectivity index (χ2n) is 5.12. The second-order valence-corrected chi connectivity index (χ2v) is 6.13. The van der Waals surface area contributed by atoms with Crippen molar-refractivity contribution < 1.29 is 0 Å². The van der Waals surface area contributed by atoms with Crippen LogP contribution >= 0.6 is 11.3 Å². The predicted octanol–water partition coefficient (Wildman–Crippen LogP) is 3.75. The number of hydrogen-bond acceptors (Lipinski definition) is 3. The van der Waals surface area contributed by atoms with Crippen molar-refractivity contribution in [3.63, 3.8) is 0 Å². The summed E-state index contributed by atoms with van der Waals surface area (Å²) in [6.45, 7) is 2.03. The summed E-state index contributed by atoms with van der Waals surface area (Å²) in [4.78, 5) is 16.8. The molecule has 0 fully saturated rings. The van der Waals surface area contributed by atoms with E-state index in [1.54, 1.807) is 6.07 Å². The van der Waals surface area contributed by atoms with Crippen molar-refractivity contribution >= 4 is 21.6 Å². The minimum Gasteiger partial charge on any atom is -0.288 e. The van der Waals surface area contributed by atoms with Gasteiger partial charge in [0.2, 0.25) is 5.13 Å². The van der Waals surface area contributed by atoms with E-state index in [0.717, 1.165) is 27.0 Å². The van der Waals surface area contributed by atoms with E-state index in [4.69, 9.17) is 0 Å². The van der Waals surface area contributed by atoms with Crippen molar-refractivity contribution in [3.8, 4) is 16.4 Å². The molecule has 2 heterocycles. The minimum atomic E-state index is -0.0997. The molecule has 0 unspecified atom stereocenters. The van der Waals surface area contributed by atoms with Crippen LogP contribution in [0.3, 0.4) is 0 Å². The Labute approximate surface area is 130 Å². The number of aryl methyl sites for hydroxylation is 1. The average Bonchev–Trinajstić information content (AvgIpc) is 3.10. The van der Waals surface area contributed by atoms with Gasteiger partial charge >= 0.3 is 0 Å². The zero-order valence-corrected chi connectivity index (χ0v) is 12.7. The Bertz CT molecular complexity index is 992. The van der Waals surface area contributed by atoms with Crippen molar-refractivity contribution in [2.24, 2.45) is 0 Å². The highest BCUT2D eigenvalue weighted by Crippen LogP contribution is 2.25. The maximum atomic E-state index is 12.3. The molecule has 0 amide bonds. The van der Waals surface area contributed by atoms with Crippen LogP contribution in [0.2, 0.25) is 0 Å². The van der Waals surface area contributed by atoms with Gasteiger partial charge in [-0.1, -0.05) is 47.7 Å². The summed E-state index contributed by atoms with van der Waals surface area (Å²) in [6, 6.07) is 17.5. The molecule has 0 atom stereocenters. The van der Waals surface area contributed by atoms with Gasteiger partial charge in [-0.15, -0.1) is 0 Å². The van der Waals surface area contributed by atoms with Gasteiger partial charge in [-0.25, -0.2) is 4.98 Å². The number of fused-ring (bicyclic) bond motifs is 1. The maximum absolute atomic E-state index is 12.3. The summed E-state index contributed by atoms with van der Waals surface area (Å²) in [7, 11) is 0. The Hall–Kier alpha value is -2.66. The molecule has 1 N–H and O–H groups in total. The monoisotopic (exact) mass is 307 g/mol. The van der Waals surface area contributed by atoms with E-state index in [-0.39, 0.29) is 5.56 Å². The third-order valence-electron chi connectivity index (χ3n) is 3.63. The Kier molecular flexibility index (Phi) is 2.94. The topological polar surface area (TPSA) is 50.7 Å². The molecule has 4 aromatic rings. The summed E-state index contributed by atoms with van der Waals surface area (Å²) in [6.07, 6.45) is 0. The number of H-pyrrole nitrogens is 1. The molecule has 0 spiro atoms. The zero-order chi connectivity index (χ0) is 15.1. The lowest BCUT2D eigenvalue weighted by atomic mass is 10.1. The number of rotatable bonds is 2. The Balaban J connectivity index is 1.87. The van der Waals surface area contributed by atoms with E-state index >= 15 is 0 Å². The number of aromatic amines is 1. The van der Waals surface area contributed by atoms with Crippen molar-refractivity contribution in [2.75, 3.05) is 0 Å². The molecule has 0 bridgehead atoms. The van der Waals surface area contributed by atoms with Crippen LogP contribution < -0.4 is 5.56 Å². The molecular weight excluding hydrogens is 294 g/mol. The molecule has 2 aromatic heterocycles. The highest BCUT2D eigenvalue weighted by Gasteiger charge is 2.12. The van der Waals surface area contributed by atoms with Crippen LogP contribution in [0.1, 0.15) is 5.56 Å².